The third-order valence-corrected chi connectivity index (χ3v) is 4.88. The summed E-state index contributed by atoms with van der Waals surface area (Å²) in [5, 5.41) is 9.18. The van der Waals surface area contributed by atoms with Crippen LogP contribution in [0, 0.1) is 17.3 Å². The predicted molar refractivity (Wildman–Crippen MR) is 78.3 cm³/mol. The lowest BCUT2D eigenvalue weighted by Gasteiger charge is -2.44. The van der Waals surface area contributed by atoms with E-state index in [0.717, 1.165) is 12.8 Å². The van der Waals surface area contributed by atoms with Crippen LogP contribution in [0.15, 0.2) is 12.7 Å². The van der Waals surface area contributed by atoms with Crippen LogP contribution in [0.1, 0.15) is 58.8 Å². The van der Waals surface area contributed by atoms with Crippen LogP contribution in [-0.2, 0) is 0 Å². The minimum absolute atomic E-state index is 0.143. The Hall–Kier alpha value is -0.340. The van der Waals surface area contributed by atoms with Gasteiger partial charge in [0.1, 0.15) is 0 Å². The van der Waals surface area contributed by atoms with E-state index < -0.39 is 0 Å². The Morgan fingerprint density at radius 1 is 1.28 bits per heavy atom. The van der Waals surface area contributed by atoms with Crippen molar-refractivity contribution in [2.24, 2.45) is 23.0 Å². The molecule has 1 rings (SSSR count). The van der Waals surface area contributed by atoms with E-state index in [1.807, 2.05) is 0 Å². The largest absolute Gasteiger partial charge is 0.396 e. The number of aliphatic hydroxyl groups excluding tert-OH is 1. The highest BCUT2D eigenvalue weighted by Crippen LogP contribution is 2.45. The SMILES string of the molecule is C=C[C@@H](CC1(C(N)CCO)CCCCC1)C(C)C. The van der Waals surface area contributed by atoms with Gasteiger partial charge in [0, 0.05) is 12.6 Å². The van der Waals surface area contributed by atoms with Gasteiger partial charge in [-0.15, -0.1) is 6.58 Å². The molecule has 0 aromatic heterocycles. The summed E-state index contributed by atoms with van der Waals surface area (Å²) in [4.78, 5) is 0. The van der Waals surface area contributed by atoms with Gasteiger partial charge in [0.15, 0.2) is 0 Å². The molecule has 18 heavy (non-hydrogen) atoms. The number of nitrogens with two attached hydrogens (primary N) is 1. The molecule has 1 aliphatic rings. The van der Waals surface area contributed by atoms with Gasteiger partial charge in [-0.1, -0.05) is 39.2 Å². The topological polar surface area (TPSA) is 46.2 Å². The summed E-state index contributed by atoms with van der Waals surface area (Å²) in [6, 6.07) is 0.143. The summed E-state index contributed by atoms with van der Waals surface area (Å²) >= 11 is 0. The van der Waals surface area contributed by atoms with Crippen molar-refractivity contribution in [3.8, 4) is 0 Å². The fourth-order valence-corrected chi connectivity index (χ4v) is 3.49. The van der Waals surface area contributed by atoms with E-state index >= 15 is 0 Å². The average Bonchev–Trinajstić information content (AvgIpc) is 2.37. The van der Waals surface area contributed by atoms with E-state index in [9.17, 15) is 5.11 Å². The molecule has 3 N–H and O–H groups in total. The maximum atomic E-state index is 9.18. The van der Waals surface area contributed by atoms with Crippen LogP contribution in [0.2, 0.25) is 0 Å². The molecule has 2 nitrogen and oxygen atoms in total. The van der Waals surface area contributed by atoms with Crippen LogP contribution in [0.25, 0.3) is 0 Å². The van der Waals surface area contributed by atoms with Gasteiger partial charge in [-0.2, -0.15) is 0 Å². The first kappa shape index (κ1) is 15.7. The fraction of sp³-hybridized carbons (Fsp3) is 0.875. The second-order valence-electron chi connectivity index (χ2n) is 6.39. The summed E-state index contributed by atoms with van der Waals surface area (Å²) in [6.45, 7) is 8.73. The lowest BCUT2D eigenvalue weighted by molar-refractivity contribution is 0.0890. The minimum Gasteiger partial charge on any atom is -0.396 e. The zero-order chi connectivity index (χ0) is 13.6. The Morgan fingerprint density at radius 2 is 1.89 bits per heavy atom. The van der Waals surface area contributed by atoms with Crippen molar-refractivity contribution < 1.29 is 5.11 Å². The summed E-state index contributed by atoms with van der Waals surface area (Å²) in [5.41, 5.74) is 6.64. The quantitative estimate of drug-likeness (QED) is 0.682. The summed E-state index contributed by atoms with van der Waals surface area (Å²) < 4.78 is 0. The normalized spacial score (nSPS) is 22.7. The fourth-order valence-electron chi connectivity index (χ4n) is 3.49. The average molecular weight is 253 g/mol. The van der Waals surface area contributed by atoms with Crippen LogP contribution < -0.4 is 5.73 Å². The van der Waals surface area contributed by atoms with Crippen molar-refractivity contribution in [2.75, 3.05) is 6.61 Å². The molecule has 1 fully saturated rings. The molecular formula is C16H31NO. The minimum atomic E-state index is 0.143. The van der Waals surface area contributed by atoms with E-state index in [-0.39, 0.29) is 18.1 Å². The number of hydrogen-bond donors (Lipinski definition) is 2. The smallest absolute Gasteiger partial charge is 0.0445 e. The molecule has 2 heteroatoms. The molecular weight excluding hydrogens is 222 g/mol. The summed E-state index contributed by atoms with van der Waals surface area (Å²) in [6.07, 6.45) is 10.4. The monoisotopic (exact) mass is 253 g/mol. The van der Waals surface area contributed by atoms with Gasteiger partial charge in [-0.25, -0.2) is 0 Å². The van der Waals surface area contributed by atoms with Gasteiger partial charge in [-0.05, 0) is 42.9 Å². The second kappa shape index (κ2) is 7.30. The molecule has 2 atom stereocenters. The van der Waals surface area contributed by atoms with Gasteiger partial charge >= 0.3 is 0 Å². The second-order valence-corrected chi connectivity index (χ2v) is 6.39. The van der Waals surface area contributed by atoms with E-state index in [1.165, 1.54) is 32.1 Å². The standard InChI is InChI=1S/C16H31NO/c1-4-14(13(2)3)12-16(15(17)8-11-18)9-6-5-7-10-16/h4,13-15,18H,1,5-12,17H2,2-3H3/t14-,15?/m0/s1. The predicted octanol–water partition coefficient (Wildman–Crippen LogP) is 3.49. The van der Waals surface area contributed by atoms with Crippen LogP contribution in [0.3, 0.4) is 0 Å². The highest BCUT2D eigenvalue weighted by atomic mass is 16.3. The zero-order valence-electron chi connectivity index (χ0n) is 12.2. The number of aliphatic hydroxyl groups is 1. The van der Waals surface area contributed by atoms with Crippen molar-refractivity contribution in [3.05, 3.63) is 12.7 Å². The van der Waals surface area contributed by atoms with Crippen molar-refractivity contribution >= 4 is 0 Å². The van der Waals surface area contributed by atoms with Gasteiger partial charge in [0.25, 0.3) is 0 Å². The first-order valence-corrected chi connectivity index (χ1v) is 7.55. The molecule has 0 radical (unpaired) electrons. The lowest BCUT2D eigenvalue weighted by atomic mass is 9.63. The Kier molecular flexibility index (Phi) is 6.37. The lowest BCUT2D eigenvalue weighted by Crippen LogP contribution is -2.45. The molecule has 1 saturated carbocycles. The Morgan fingerprint density at radius 3 is 2.33 bits per heavy atom. The summed E-state index contributed by atoms with van der Waals surface area (Å²) in [7, 11) is 0. The van der Waals surface area contributed by atoms with Gasteiger partial charge < -0.3 is 10.8 Å². The van der Waals surface area contributed by atoms with Crippen LogP contribution >= 0.6 is 0 Å². The molecule has 1 aliphatic carbocycles. The summed E-state index contributed by atoms with van der Waals surface area (Å²) in [5.74, 6) is 1.18. The molecule has 0 aliphatic heterocycles. The van der Waals surface area contributed by atoms with Crippen molar-refractivity contribution in [3.63, 3.8) is 0 Å². The number of rotatable bonds is 7. The number of hydrogen-bond acceptors (Lipinski definition) is 2. The van der Waals surface area contributed by atoms with Gasteiger partial charge in [-0.3, -0.25) is 0 Å². The van der Waals surface area contributed by atoms with E-state index in [1.54, 1.807) is 0 Å². The van der Waals surface area contributed by atoms with E-state index in [2.05, 4.69) is 26.5 Å². The van der Waals surface area contributed by atoms with E-state index in [0.29, 0.717) is 11.8 Å². The highest BCUT2D eigenvalue weighted by molar-refractivity contribution is 4.96. The molecule has 0 bridgehead atoms. The molecule has 1 unspecified atom stereocenters. The van der Waals surface area contributed by atoms with E-state index in [4.69, 9.17) is 5.73 Å². The van der Waals surface area contributed by atoms with Crippen LogP contribution in [0.5, 0.6) is 0 Å². The Bertz CT molecular complexity index is 243. The van der Waals surface area contributed by atoms with Crippen molar-refractivity contribution in [1.82, 2.24) is 0 Å². The Labute approximate surface area is 113 Å². The third kappa shape index (κ3) is 3.83. The maximum Gasteiger partial charge on any atom is 0.0445 e. The molecule has 0 aromatic rings. The first-order chi connectivity index (χ1) is 8.55. The number of allylic oxidation sites excluding steroid dienone is 1. The molecule has 106 valence electrons. The van der Waals surface area contributed by atoms with Crippen molar-refractivity contribution in [2.45, 2.75) is 64.8 Å². The Balaban J connectivity index is 2.79. The van der Waals surface area contributed by atoms with Gasteiger partial charge in [0.2, 0.25) is 0 Å². The highest BCUT2D eigenvalue weighted by Gasteiger charge is 2.39. The third-order valence-electron chi connectivity index (χ3n) is 4.88. The molecule has 0 heterocycles. The van der Waals surface area contributed by atoms with Crippen molar-refractivity contribution in [1.29, 1.82) is 0 Å². The van der Waals surface area contributed by atoms with Crippen LogP contribution in [-0.4, -0.2) is 17.8 Å². The van der Waals surface area contributed by atoms with Gasteiger partial charge in [0.05, 0.1) is 0 Å². The zero-order valence-corrected chi connectivity index (χ0v) is 12.2. The maximum absolute atomic E-state index is 9.18. The molecule has 0 saturated heterocycles. The first-order valence-electron chi connectivity index (χ1n) is 7.55. The van der Waals surface area contributed by atoms with Crippen LogP contribution in [0.4, 0.5) is 0 Å². The molecule has 0 amide bonds. The molecule has 0 spiro atoms. The molecule has 0 aromatic carbocycles.